The van der Waals surface area contributed by atoms with Crippen molar-refractivity contribution in [3.05, 3.63) is 0 Å². The van der Waals surface area contributed by atoms with Crippen LogP contribution >= 0.6 is 0 Å². The summed E-state index contributed by atoms with van der Waals surface area (Å²) in [6.07, 6.45) is 19.8. The summed E-state index contributed by atoms with van der Waals surface area (Å²) in [5.41, 5.74) is 0. The second-order valence-corrected chi connectivity index (χ2v) is 11.4. The normalized spacial score (nSPS) is 12.7. The smallest absolute Gasteiger partial charge is 0.284 e. The highest BCUT2D eigenvalue weighted by atomic mass is 32.3. The van der Waals surface area contributed by atoms with Crippen LogP contribution in [0, 0.1) is 0 Å². The maximum atomic E-state index is 11.0. The molecule has 0 aliphatic heterocycles. The Hall–Kier alpha value is -0.180. The van der Waals surface area contributed by atoms with Crippen molar-refractivity contribution in [3.63, 3.8) is 0 Å². The first-order valence-electron chi connectivity index (χ1n) is 11.1. The van der Waals surface area contributed by atoms with Crippen LogP contribution in [0.4, 0.5) is 0 Å². The van der Waals surface area contributed by atoms with Crippen molar-refractivity contribution < 1.29 is 25.9 Å². The minimum atomic E-state index is -4.78. The van der Waals surface area contributed by atoms with Crippen molar-refractivity contribution in [2.24, 2.45) is 0 Å². The van der Waals surface area contributed by atoms with E-state index in [4.69, 9.17) is 9.11 Å². The second-order valence-electron chi connectivity index (χ2n) is 7.91. The van der Waals surface area contributed by atoms with Crippen molar-refractivity contribution >= 4 is 20.2 Å². The molecule has 170 valence electrons. The molecule has 0 unspecified atom stereocenters. The lowest BCUT2D eigenvalue weighted by molar-refractivity contribution is 0.446. The van der Waals surface area contributed by atoms with E-state index >= 15 is 0 Å². The monoisotopic (exact) mass is 442 g/mol. The third kappa shape index (κ3) is 16.7. The molecule has 0 atom stereocenters. The maximum absolute atomic E-state index is 11.0. The summed E-state index contributed by atoms with van der Waals surface area (Å²) in [5.74, 6) is 0. The van der Waals surface area contributed by atoms with E-state index in [1.54, 1.807) is 0 Å². The molecule has 0 heterocycles. The number of hydrogen-bond acceptors (Lipinski definition) is 4. The molecule has 6 nitrogen and oxygen atoms in total. The van der Waals surface area contributed by atoms with Crippen LogP contribution in [-0.2, 0) is 20.2 Å². The maximum Gasteiger partial charge on any atom is 0.284 e. The van der Waals surface area contributed by atoms with E-state index in [-0.39, 0.29) is 6.42 Å². The van der Waals surface area contributed by atoms with Crippen molar-refractivity contribution in [2.75, 3.05) is 0 Å². The molecular weight excluding hydrogens is 400 g/mol. The van der Waals surface area contributed by atoms with Gasteiger partial charge in [0.15, 0.2) is 0 Å². The second kappa shape index (κ2) is 16.6. The molecule has 0 spiro atoms. The van der Waals surface area contributed by atoms with Gasteiger partial charge in [0.05, 0.1) is 0 Å². The van der Waals surface area contributed by atoms with Crippen LogP contribution in [0.2, 0.25) is 0 Å². The van der Waals surface area contributed by atoms with Crippen LogP contribution in [0.15, 0.2) is 0 Å². The van der Waals surface area contributed by atoms with Gasteiger partial charge in [-0.25, -0.2) is 0 Å². The highest BCUT2D eigenvalue weighted by Crippen LogP contribution is 2.18. The average molecular weight is 443 g/mol. The fourth-order valence-electron chi connectivity index (χ4n) is 3.49. The Bertz CT molecular complexity index is 525. The van der Waals surface area contributed by atoms with Gasteiger partial charge < -0.3 is 0 Å². The summed E-state index contributed by atoms with van der Waals surface area (Å²) in [6.45, 7) is 2.25. The van der Waals surface area contributed by atoms with Crippen LogP contribution in [0.5, 0.6) is 0 Å². The molecule has 8 heteroatoms. The molecule has 0 saturated heterocycles. The summed E-state index contributed by atoms with van der Waals surface area (Å²) in [5, 5.41) is 0. The zero-order chi connectivity index (χ0) is 21.3. The Labute approximate surface area is 173 Å². The summed E-state index contributed by atoms with van der Waals surface area (Å²) in [6, 6.07) is 0. The Kier molecular flexibility index (Phi) is 16.5. The quantitative estimate of drug-likeness (QED) is 0.173. The van der Waals surface area contributed by atoms with Crippen LogP contribution in [0.1, 0.15) is 122 Å². The summed E-state index contributed by atoms with van der Waals surface area (Å²) in [7, 11) is -9.57. The Morgan fingerprint density at radius 2 is 0.750 bits per heavy atom. The zero-order valence-corrected chi connectivity index (χ0v) is 19.3. The topological polar surface area (TPSA) is 109 Å². The molecule has 2 N–H and O–H groups in total. The van der Waals surface area contributed by atoms with Crippen LogP contribution in [0.25, 0.3) is 0 Å². The predicted octanol–water partition coefficient (Wildman–Crippen LogP) is 6.13. The molecule has 28 heavy (non-hydrogen) atoms. The van der Waals surface area contributed by atoms with E-state index in [2.05, 4.69) is 6.92 Å². The minimum absolute atomic E-state index is 0.268. The molecule has 0 bridgehead atoms. The van der Waals surface area contributed by atoms with Gasteiger partial charge in [0, 0.05) is 0 Å². The van der Waals surface area contributed by atoms with Crippen LogP contribution < -0.4 is 0 Å². The van der Waals surface area contributed by atoms with Gasteiger partial charge in [-0.1, -0.05) is 116 Å². The first-order valence-corrected chi connectivity index (χ1v) is 14.1. The number of unbranched alkanes of at least 4 members (excludes halogenated alkanes) is 16. The van der Waals surface area contributed by atoms with Crippen molar-refractivity contribution in [3.8, 4) is 0 Å². The first kappa shape index (κ1) is 27.8. The first-order chi connectivity index (χ1) is 13.2. The molecule has 0 saturated carbocycles. The molecule has 0 amide bonds. The summed E-state index contributed by atoms with van der Waals surface area (Å²) >= 11 is 0. The van der Waals surface area contributed by atoms with E-state index < -0.39 is 24.8 Å². The molecule has 0 rings (SSSR count). The average Bonchev–Trinajstić information content (AvgIpc) is 2.58. The highest BCUT2D eigenvalue weighted by molar-refractivity contribution is 8.03. The number of hydrogen-bond donors (Lipinski definition) is 2. The van der Waals surface area contributed by atoms with Crippen LogP contribution in [-0.4, -0.2) is 30.5 Å². The summed E-state index contributed by atoms with van der Waals surface area (Å²) in [4.78, 5) is 0. The molecule has 0 radical (unpaired) electrons. The van der Waals surface area contributed by atoms with E-state index in [0.717, 1.165) is 19.3 Å². The van der Waals surface area contributed by atoms with Crippen molar-refractivity contribution in [1.82, 2.24) is 0 Å². The number of rotatable bonds is 20. The van der Waals surface area contributed by atoms with Gasteiger partial charge in [-0.3, -0.25) is 9.11 Å². The summed E-state index contributed by atoms with van der Waals surface area (Å²) < 4.78 is 59.6. The molecule has 0 aromatic heterocycles. The van der Waals surface area contributed by atoms with Gasteiger partial charge in [-0.15, -0.1) is 0 Å². The Morgan fingerprint density at radius 1 is 0.500 bits per heavy atom. The largest absolute Gasteiger partial charge is 0.284 e. The van der Waals surface area contributed by atoms with Gasteiger partial charge in [0.1, 0.15) is 0 Å². The van der Waals surface area contributed by atoms with E-state index in [1.165, 1.54) is 77.0 Å². The minimum Gasteiger partial charge on any atom is -0.284 e. The molecule has 0 aliphatic rings. The van der Waals surface area contributed by atoms with Gasteiger partial charge in [-0.05, 0) is 6.42 Å². The Morgan fingerprint density at radius 3 is 1.00 bits per heavy atom. The third-order valence-corrected chi connectivity index (χ3v) is 8.47. The van der Waals surface area contributed by atoms with E-state index in [9.17, 15) is 16.8 Å². The predicted molar refractivity (Wildman–Crippen MR) is 116 cm³/mol. The van der Waals surface area contributed by atoms with E-state index in [1.807, 2.05) is 0 Å². The van der Waals surface area contributed by atoms with Gasteiger partial charge in [0.2, 0.25) is 4.58 Å². The SMILES string of the molecule is CCCCCCCCCCCCCCCCCCCC(S(=O)(=O)O)S(=O)(=O)O. The standard InChI is InChI=1S/C20H42O6S2/c1-2-3-4-5-6-7-8-9-10-11-12-13-14-15-16-17-18-19-20(27(21,22)23)28(24,25)26/h20H,2-19H2,1H3,(H,21,22,23)(H,24,25,26). The van der Waals surface area contributed by atoms with E-state index in [0.29, 0.717) is 12.8 Å². The van der Waals surface area contributed by atoms with Gasteiger partial charge >= 0.3 is 0 Å². The van der Waals surface area contributed by atoms with Gasteiger partial charge in [0.25, 0.3) is 20.2 Å². The Balaban J connectivity index is 3.42. The van der Waals surface area contributed by atoms with Crippen molar-refractivity contribution in [2.45, 2.75) is 127 Å². The lowest BCUT2D eigenvalue weighted by Crippen LogP contribution is -2.29. The molecule has 0 aromatic carbocycles. The zero-order valence-electron chi connectivity index (χ0n) is 17.6. The molecule has 0 aliphatic carbocycles. The fourth-order valence-corrected chi connectivity index (χ4v) is 5.65. The highest BCUT2D eigenvalue weighted by Gasteiger charge is 2.34. The fraction of sp³-hybridized carbons (Fsp3) is 1.00. The lowest BCUT2D eigenvalue weighted by Gasteiger charge is -2.10. The molecule has 0 fully saturated rings. The molecule has 0 aromatic rings. The van der Waals surface area contributed by atoms with Crippen LogP contribution in [0.3, 0.4) is 0 Å². The van der Waals surface area contributed by atoms with Gasteiger partial charge in [-0.2, -0.15) is 16.8 Å². The molecular formula is C20H42O6S2. The lowest BCUT2D eigenvalue weighted by atomic mass is 10.0. The van der Waals surface area contributed by atoms with Crippen molar-refractivity contribution in [1.29, 1.82) is 0 Å². The third-order valence-electron chi connectivity index (χ3n) is 5.21.